The molecule has 5 nitrogen and oxygen atoms in total. The van der Waals surface area contributed by atoms with Gasteiger partial charge in [-0.25, -0.2) is 9.78 Å². The first-order valence-electron chi connectivity index (χ1n) is 5.38. The third-order valence-electron chi connectivity index (χ3n) is 2.64. The van der Waals surface area contributed by atoms with Crippen LogP contribution in [0.3, 0.4) is 0 Å². The van der Waals surface area contributed by atoms with Gasteiger partial charge < -0.3 is 10.8 Å². The number of aromatic carboxylic acids is 1. The molecule has 0 aliphatic carbocycles. The minimum Gasteiger partial charge on any atom is -0.478 e. The fourth-order valence-electron chi connectivity index (χ4n) is 1.72. The average molecular weight is 311 g/mol. The van der Waals surface area contributed by atoms with Crippen LogP contribution >= 0.6 is 23.2 Å². The molecule has 102 valence electrons. The van der Waals surface area contributed by atoms with Gasteiger partial charge in [-0.05, 0) is 23.8 Å². The number of halogens is 2. The Labute approximate surface area is 124 Å². The summed E-state index contributed by atoms with van der Waals surface area (Å²) in [5, 5.41) is 9.44. The van der Waals surface area contributed by atoms with Gasteiger partial charge in [-0.3, -0.25) is 4.79 Å². The number of pyridine rings is 1. The summed E-state index contributed by atoms with van der Waals surface area (Å²) >= 11 is 11.5. The Morgan fingerprint density at radius 1 is 1.15 bits per heavy atom. The molecule has 1 aromatic carbocycles. The smallest absolute Gasteiger partial charge is 0.336 e. The normalized spacial score (nSPS) is 10.3. The van der Waals surface area contributed by atoms with Gasteiger partial charge in [0.25, 0.3) is 0 Å². The monoisotopic (exact) mass is 310 g/mol. The third-order valence-corrected chi connectivity index (χ3v) is 3.18. The lowest BCUT2D eigenvalue weighted by Crippen LogP contribution is -2.11. The van der Waals surface area contributed by atoms with Gasteiger partial charge in [-0.15, -0.1) is 0 Å². The molecule has 2 aromatic rings. The van der Waals surface area contributed by atoms with Gasteiger partial charge in [0.2, 0.25) is 5.91 Å². The van der Waals surface area contributed by atoms with Crippen molar-refractivity contribution in [3.63, 3.8) is 0 Å². The van der Waals surface area contributed by atoms with Crippen LogP contribution in [0, 0.1) is 0 Å². The van der Waals surface area contributed by atoms with Gasteiger partial charge >= 0.3 is 5.97 Å². The summed E-state index contributed by atoms with van der Waals surface area (Å²) in [6.45, 7) is 0. The molecule has 7 heteroatoms. The van der Waals surface area contributed by atoms with Crippen molar-refractivity contribution in [2.24, 2.45) is 5.73 Å². The maximum Gasteiger partial charge on any atom is 0.336 e. The van der Waals surface area contributed by atoms with Gasteiger partial charge in [0.1, 0.15) is 5.15 Å². The summed E-state index contributed by atoms with van der Waals surface area (Å²) in [5.74, 6) is -1.85. The first kappa shape index (κ1) is 14.3. The highest BCUT2D eigenvalue weighted by atomic mass is 35.5. The number of nitrogens with zero attached hydrogens (tertiary/aromatic N) is 1. The van der Waals surface area contributed by atoms with E-state index in [-0.39, 0.29) is 21.3 Å². The number of aromatic nitrogens is 1. The van der Waals surface area contributed by atoms with Crippen molar-refractivity contribution in [2.75, 3.05) is 0 Å². The Bertz CT molecular complexity index is 717. The predicted molar refractivity (Wildman–Crippen MR) is 75.2 cm³/mol. The Kier molecular flexibility index (Phi) is 3.92. The minimum absolute atomic E-state index is 0.0252. The van der Waals surface area contributed by atoms with Gasteiger partial charge in [0.15, 0.2) is 0 Å². The van der Waals surface area contributed by atoms with Gasteiger partial charge in [-0.2, -0.15) is 0 Å². The Morgan fingerprint density at radius 3 is 2.45 bits per heavy atom. The number of carbonyl (C=O) groups is 2. The zero-order valence-electron chi connectivity index (χ0n) is 9.93. The molecule has 1 amide bonds. The van der Waals surface area contributed by atoms with Crippen molar-refractivity contribution in [1.82, 2.24) is 4.98 Å². The summed E-state index contributed by atoms with van der Waals surface area (Å²) in [5.41, 5.74) is 6.07. The zero-order chi connectivity index (χ0) is 14.9. The van der Waals surface area contributed by atoms with Crippen LogP contribution in [-0.2, 0) is 0 Å². The number of rotatable bonds is 3. The van der Waals surface area contributed by atoms with Gasteiger partial charge in [0, 0.05) is 11.8 Å². The van der Waals surface area contributed by atoms with Crippen LogP contribution in [0.1, 0.15) is 20.7 Å². The van der Waals surface area contributed by atoms with E-state index in [1.165, 1.54) is 24.4 Å². The highest BCUT2D eigenvalue weighted by Crippen LogP contribution is 2.28. The van der Waals surface area contributed by atoms with Crippen LogP contribution in [0.15, 0.2) is 30.5 Å². The maximum atomic E-state index is 11.3. The lowest BCUT2D eigenvalue weighted by molar-refractivity contribution is 0.0697. The molecule has 2 rings (SSSR count). The largest absolute Gasteiger partial charge is 0.478 e. The molecular formula is C13H8Cl2N2O3. The summed E-state index contributed by atoms with van der Waals surface area (Å²) in [4.78, 5) is 26.3. The van der Waals surface area contributed by atoms with Crippen LogP contribution in [0.25, 0.3) is 11.1 Å². The van der Waals surface area contributed by atoms with E-state index in [0.29, 0.717) is 11.1 Å². The average Bonchev–Trinajstić information content (AvgIpc) is 2.39. The lowest BCUT2D eigenvalue weighted by Gasteiger charge is -2.08. The molecule has 0 bridgehead atoms. The lowest BCUT2D eigenvalue weighted by atomic mass is 10.00. The number of primary amides is 1. The second kappa shape index (κ2) is 5.48. The summed E-state index contributed by atoms with van der Waals surface area (Å²) in [7, 11) is 0. The first-order chi connectivity index (χ1) is 9.40. The molecule has 3 N–H and O–H groups in total. The standard InChI is InChI=1S/C13H8Cl2N2O3/c14-10-2-1-6(3-8(10)12(16)18)9-5-17-11(15)4-7(9)13(19)20/h1-5H,(H2,16,18)(H,19,20). The van der Waals surface area contributed by atoms with E-state index < -0.39 is 11.9 Å². The van der Waals surface area contributed by atoms with Crippen LogP contribution in [0.5, 0.6) is 0 Å². The summed E-state index contributed by atoms with van der Waals surface area (Å²) < 4.78 is 0. The highest BCUT2D eigenvalue weighted by molar-refractivity contribution is 6.34. The van der Waals surface area contributed by atoms with E-state index in [1.807, 2.05) is 0 Å². The Morgan fingerprint density at radius 2 is 1.85 bits per heavy atom. The van der Waals surface area contributed by atoms with E-state index in [4.69, 9.17) is 28.9 Å². The topological polar surface area (TPSA) is 93.3 Å². The molecular weight excluding hydrogens is 303 g/mol. The van der Waals surface area contributed by atoms with Gasteiger partial charge in [-0.1, -0.05) is 29.3 Å². The van der Waals surface area contributed by atoms with Crippen molar-refractivity contribution in [2.45, 2.75) is 0 Å². The number of carboxylic acids is 1. The molecule has 0 saturated heterocycles. The van der Waals surface area contributed by atoms with E-state index in [0.717, 1.165) is 0 Å². The second-order valence-electron chi connectivity index (χ2n) is 3.92. The fourth-order valence-corrected chi connectivity index (χ4v) is 2.09. The second-order valence-corrected chi connectivity index (χ2v) is 4.71. The SMILES string of the molecule is NC(=O)c1cc(-c2cnc(Cl)cc2C(=O)O)ccc1Cl. The molecule has 0 saturated carbocycles. The summed E-state index contributed by atoms with van der Waals surface area (Å²) in [6.07, 6.45) is 1.32. The van der Waals surface area contributed by atoms with Crippen molar-refractivity contribution < 1.29 is 14.7 Å². The highest BCUT2D eigenvalue weighted by Gasteiger charge is 2.15. The number of carbonyl (C=O) groups excluding carboxylic acids is 1. The molecule has 0 aliphatic heterocycles. The number of hydrogen-bond donors (Lipinski definition) is 2. The molecule has 0 fully saturated rings. The molecule has 0 radical (unpaired) electrons. The van der Waals surface area contributed by atoms with Crippen LogP contribution in [0.4, 0.5) is 0 Å². The van der Waals surface area contributed by atoms with Crippen molar-refractivity contribution in [1.29, 1.82) is 0 Å². The first-order valence-corrected chi connectivity index (χ1v) is 6.14. The zero-order valence-corrected chi connectivity index (χ0v) is 11.4. The predicted octanol–water partition coefficient (Wildman–Crippen LogP) is 2.85. The van der Waals surface area contributed by atoms with Gasteiger partial charge in [0.05, 0.1) is 16.1 Å². The van der Waals surface area contributed by atoms with Crippen molar-refractivity contribution >= 4 is 35.1 Å². The van der Waals surface area contributed by atoms with E-state index in [2.05, 4.69) is 4.98 Å². The van der Waals surface area contributed by atoms with Crippen LogP contribution in [0.2, 0.25) is 10.2 Å². The number of amides is 1. The Hall–Kier alpha value is -2.11. The van der Waals surface area contributed by atoms with Crippen molar-refractivity contribution in [3.8, 4) is 11.1 Å². The fraction of sp³-hybridized carbons (Fsp3) is 0. The molecule has 0 aliphatic rings. The van der Waals surface area contributed by atoms with E-state index in [9.17, 15) is 14.7 Å². The molecule has 0 unspecified atom stereocenters. The summed E-state index contributed by atoms with van der Waals surface area (Å²) in [6, 6.07) is 5.70. The van der Waals surface area contributed by atoms with Crippen molar-refractivity contribution in [3.05, 3.63) is 51.8 Å². The van der Waals surface area contributed by atoms with Crippen LogP contribution < -0.4 is 5.73 Å². The molecule has 20 heavy (non-hydrogen) atoms. The maximum absolute atomic E-state index is 11.3. The Balaban J connectivity index is 2.66. The number of nitrogens with two attached hydrogens (primary N) is 1. The molecule has 1 heterocycles. The quantitative estimate of drug-likeness (QED) is 0.852. The molecule has 1 aromatic heterocycles. The number of benzene rings is 1. The van der Waals surface area contributed by atoms with E-state index in [1.54, 1.807) is 6.07 Å². The molecule has 0 spiro atoms. The van der Waals surface area contributed by atoms with Crippen LogP contribution in [-0.4, -0.2) is 22.0 Å². The number of carboxylic acid groups (broad SMARTS) is 1. The molecule has 0 atom stereocenters. The third kappa shape index (κ3) is 2.74. The van der Waals surface area contributed by atoms with E-state index >= 15 is 0 Å². The number of hydrogen-bond acceptors (Lipinski definition) is 3. The minimum atomic E-state index is -1.15.